The van der Waals surface area contributed by atoms with E-state index >= 15 is 0 Å². The number of nitrogens with one attached hydrogen (secondary N) is 1. The molecule has 0 spiro atoms. The summed E-state index contributed by atoms with van der Waals surface area (Å²) < 4.78 is 50.7. The zero-order chi connectivity index (χ0) is 27.0. The number of rotatable bonds is 10. The molecule has 0 heterocycles. The largest absolute Gasteiger partial charge is 0.490 e. The molecule has 1 N–H and O–H groups in total. The zero-order valence-corrected chi connectivity index (χ0v) is 21.0. The lowest BCUT2D eigenvalue weighted by molar-refractivity contribution is -0.385. The van der Waals surface area contributed by atoms with Gasteiger partial charge in [0.15, 0.2) is 11.5 Å². The molecule has 0 aromatic heterocycles. The number of amides is 1. The Morgan fingerprint density at radius 1 is 1.11 bits per heavy atom. The van der Waals surface area contributed by atoms with Crippen LogP contribution in [0.4, 0.5) is 18.9 Å². The van der Waals surface area contributed by atoms with Crippen molar-refractivity contribution in [1.29, 1.82) is 0 Å². The summed E-state index contributed by atoms with van der Waals surface area (Å²) in [6.07, 6.45) is -3.96. The van der Waals surface area contributed by atoms with E-state index in [0.29, 0.717) is 46.9 Å². The molecule has 8 nitrogen and oxygen atoms in total. The molecule has 3 aromatic rings. The summed E-state index contributed by atoms with van der Waals surface area (Å²) in [6.45, 7) is 2.52. The van der Waals surface area contributed by atoms with Gasteiger partial charge in [-0.15, -0.1) is 0 Å². The van der Waals surface area contributed by atoms with Gasteiger partial charge in [0.05, 0.1) is 29.7 Å². The lowest BCUT2D eigenvalue weighted by Gasteiger charge is -2.14. The third-order valence-corrected chi connectivity index (χ3v) is 5.64. The number of hydrazone groups is 1. The molecular formula is C25H21BrF3N3O5. The summed E-state index contributed by atoms with van der Waals surface area (Å²) in [5, 5.41) is 15.1. The standard InChI is InChI=1S/C25H21BrF3N3O5/c1-2-36-22-10-18(20(26)13-23(22)37-15-16-6-4-3-5-7-16)14-30-31-24(33)11-17-8-9-19(25(27,28)29)12-21(17)32(34)35/h3-10,12-14H,2,11,15H2,1H3,(H,31,33)/b30-14-. The van der Waals surface area contributed by atoms with Crippen LogP contribution in [0.1, 0.15) is 29.2 Å². The second-order valence-electron chi connectivity index (χ2n) is 7.60. The van der Waals surface area contributed by atoms with Gasteiger partial charge in [0.1, 0.15) is 6.61 Å². The average molecular weight is 580 g/mol. The normalized spacial score (nSPS) is 11.4. The van der Waals surface area contributed by atoms with E-state index in [1.54, 1.807) is 12.1 Å². The predicted molar refractivity (Wildman–Crippen MR) is 134 cm³/mol. The van der Waals surface area contributed by atoms with Gasteiger partial charge in [0.2, 0.25) is 5.91 Å². The minimum atomic E-state index is -4.74. The van der Waals surface area contributed by atoms with E-state index in [1.165, 1.54) is 6.21 Å². The molecule has 1 amide bonds. The molecule has 0 aliphatic carbocycles. The minimum Gasteiger partial charge on any atom is -0.490 e. The number of benzene rings is 3. The van der Waals surface area contributed by atoms with E-state index in [9.17, 15) is 28.1 Å². The van der Waals surface area contributed by atoms with Crippen molar-refractivity contribution in [3.8, 4) is 11.5 Å². The SMILES string of the molecule is CCOc1cc(/C=N\NC(=O)Cc2ccc(C(F)(F)F)cc2[N+](=O)[O-])c(Br)cc1OCc1ccccc1. The van der Waals surface area contributed by atoms with Crippen molar-refractivity contribution in [3.05, 3.63) is 97.5 Å². The van der Waals surface area contributed by atoms with Crippen LogP contribution in [0.25, 0.3) is 0 Å². The number of alkyl halides is 3. The molecule has 37 heavy (non-hydrogen) atoms. The Morgan fingerprint density at radius 3 is 2.46 bits per heavy atom. The number of carbonyl (C=O) groups is 1. The Kier molecular flexibility index (Phi) is 9.23. The topological polar surface area (TPSA) is 103 Å². The van der Waals surface area contributed by atoms with Crippen LogP contribution in [-0.4, -0.2) is 23.7 Å². The second kappa shape index (κ2) is 12.3. The lowest BCUT2D eigenvalue weighted by Crippen LogP contribution is -2.20. The van der Waals surface area contributed by atoms with Crippen molar-refractivity contribution >= 4 is 33.7 Å². The summed E-state index contributed by atoms with van der Waals surface area (Å²) in [5.74, 6) is 0.200. The van der Waals surface area contributed by atoms with Gasteiger partial charge in [-0.05, 0) is 46.6 Å². The molecule has 0 saturated carbocycles. The molecule has 3 rings (SSSR count). The van der Waals surface area contributed by atoms with Crippen LogP contribution in [0.2, 0.25) is 0 Å². The van der Waals surface area contributed by atoms with Gasteiger partial charge < -0.3 is 9.47 Å². The molecule has 0 unspecified atom stereocenters. The molecule has 194 valence electrons. The highest BCUT2D eigenvalue weighted by Gasteiger charge is 2.33. The maximum Gasteiger partial charge on any atom is 0.416 e. The van der Waals surface area contributed by atoms with E-state index in [-0.39, 0.29) is 5.56 Å². The molecule has 3 aromatic carbocycles. The van der Waals surface area contributed by atoms with Gasteiger partial charge in [-0.2, -0.15) is 18.3 Å². The zero-order valence-electron chi connectivity index (χ0n) is 19.4. The van der Waals surface area contributed by atoms with Crippen LogP contribution in [0, 0.1) is 10.1 Å². The Labute approximate surface area is 218 Å². The lowest BCUT2D eigenvalue weighted by atomic mass is 10.1. The Bertz CT molecular complexity index is 1300. The number of nitro benzene ring substituents is 1. The summed E-state index contributed by atoms with van der Waals surface area (Å²) >= 11 is 3.42. The first-order valence-electron chi connectivity index (χ1n) is 10.9. The fraction of sp³-hybridized carbons (Fsp3) is 0.200. The van der Waals surface area contributed by atoms with Gasteiger partial charge in [0, 0.05) is 21.7 Å². The van der Waals surface area contributed by atoms with Crippen molar-refractivity contribution in [2.24, 2.45) is 5.10 Å². The van der Waals surface area contributed by atoms with E-state index in [4.69, 9.17) is 9.47 Å². The Morgan fingerprint density at radius 2 is 1.81 bits per heavy atom. The molecular weight excluding hydrogens is 559 g/mol. The number of nitro groups is 1. The second-order valence-corrected chi connectivity index (χ2v) is 8.45. The first-order valence-corrected chi connectivity index (χ1v) is 11.7. The van der Waals surface area contributed by atoms with E-state index in [0.717, 1.165) is 11.6 Å². The van der Waals surface area contributed by atoms with Crippen LogP contribution < -0.4 is 14.9 Å². The van der Waals surface area contributed by atoms with Crippen LogP contribution in [0.5, 0.6) is 11.5 Å². The molecule has 12 heteroatoms. The van der Waals surface area contributed by atoms with Gasteiger partial charge in [-0.25, -0.2) is 5.43 Å². The van der Waals surface area contributed by atoms with Gasteiger partial charge >= 0.3 is 6.18 Å². The maximum atomic E-state index is 12.9. The van der Waals surface area contributed by atoms with Crippen LogP contribution in [0.3, 0.4) is 0 Å². The van der Waals surface area contributed by atoms with Crippen LogP contribution >= 0.6 is 15.9 Å². The Balaban J connectivity index is 1.70. The monoisotopic (exact) mass is 579 g/mol. The van der Waals surface area contributed by atoms with E-state index < -0.39 is 34.7 Å². The summed E-state index contributed by atoms with van der Waals surface area (Å²) in [6, 6.07) is 14.9. The first kappa shape index (κ1) is 27.7. The molecule has 0 fully saturated rings. The number of ether oxygens (including phenoxy) is 2. The quantitative estimate of drug-likeness (QED) is 0.179. The third-order valence-electron chi connectivity index (χ3n) is 4.95. The summed E-state index contributed by atoms with van der Waals surface area (Å²) in [4.78, 5) is 22.5. The number of hydrogen-bond acceptors (Lipinski definition) is 6. The number of halogens is 4. The van der Waals surface area contributed by atoms with Gasteiger partial charge in [-0.3, -0.25) is 14.9 Å². The summed E-state index contributed by atoms with van der Waals surface area (Å²) in [7, 11) is 0. The average Bonchev–Trinajstić information content (AvgIpc) is 2.85. The van der Waals surface area contributed by atoms with Gasteiger partial charge in [0.25, 0.3) is 5.69 Å². The van der Waals surface area contributed by atoms with Crippen LogP contribution in [0.15, 0.2) is 70.2 Å². The molecule has 0 radical (unpaired) electrons. The molecule has 0 atom stereocenters. The van der Waals surface area contributed by atoms with Crippen LogP contribution in [-0.2, 0) is 24.0 Å². The van der Waals surface area contributed by atoms with Crippen molar-refractivity contribution in [2.45, 2.75) is 26.1 Å². The van der Waals surface area contributed by atoms with E-state index in [2.05, 4.69) is 26.5 Å². The third kappa shape index (κ3) is 7.78. The van der Waals surface area contributed by atoms with Crippen molar-refractivity contribution in [1.82, 2.24) is 5.43 Å². The van der Waals surface area contributed by atoms with Crippen molar-refractivity contribution in [2.75, 3.05) is 6.61 Å². The fourth-order valence-electron chi connectivity index (χ4n) is 3.21. The predicted octanol–water partition coefficient (Wildman–Crippen LogP) is 6.05. The van der Waals surface area contributed by atoms with Crippen molar-refractivity contribution < 1.29 is 32.4 Å². The van der Waals surface area contributed by atoms with Gasteiger partial charge in [-0.1, -0.05) is 36.4 Å². The number of nitrogens with zero attached hydrogens (tertiary/aromatic N) is 2. The smallest absolute Gasteiger partial charge is 0.416 e. The fourth-order valence-corrected chi connectivity index (χ4v) is 3.64. The number of hydrogen-bond donors (Lipinski definition) is 1. The summed E-state index contributed by atoms with van der Waals surface area (Å²) in [5.41, 5.74) is 1.59. The highest BCUT2D eigenvalue weighted by molar-refractivity contribution is 9.10. The molecule has 0 aliphatic rings. The Hall–Kier alpha value is -3.93. The molecule has 0 aliphatic heterocycles. The highest BCUT2D eigenvalue weighted by atomic mass is 79.9. The minimum absolute atomic E-state index is 0.176. The first-order chi connectivity index (χ1) is 17.6. The number of carbonyl (C=O) groups excluding carboxylic acids is 1. The van der Waals surface area contributed by atoms with Crippen molar-refractivity contribution in [3.63, 3.8) is 0 Å². The van der Waals surface area contributed by atoms with E-state index in [1.807, 2.05) is 37.3 Å². The highest BCUT2D eigenvalue weighted by Crippen LogP contribution is 2.34. The molecule has 0 saturated heterocycles. The maximum absolute atomic E-state index is 12.9. The molecule has 0 bridgehead atoms.